The van der Waals surface area contributed by atoms with Crippen LogP contribution < -0.4 is 10.6 Å². The van der Waals surface area contributed by atoms with Crippen molar-refractivity contribution in [2.24, 2.45) is 5.92 Å². The zero-order valence-electron chi connectivity index (χ0n) is 9.57. The van der Waals surface area contributed by atoms with Crippen LogP contribution in [0.15, 0.2) is 24.3 Å². The number of carbonyl (C=O) groups excluding carboxylic acids is 1. The van der Waals surface area contributed by atoms with E-state index in [9.17, 15) is 4.79 Å². The Morgan fingerprint density at radius 3 is 2.76 bits per heavy atom. The van der Waals surface area contributed by atoms with E-state index >= 15 is 0 Å². The van der Waals surface area contributed by atoms with Gasteiger partial charge in [0.25, 0.3) is 0 Å². The molecule has 1 amide bonds. The number of piperidine rings is 1. The molecular formula is C13H15N3O. The molecule has 0 aromatic heterocycles. The minimum Gasteiger partial charge on any atom is -0.326 e. The molecule has 0 radical (unpaired) electrons. The van der Waals surface area contributed by atoms with Crippen molar-refractivity contribution in [3.8, 4) is 6.07 Å². The van der Waals surface area contributed by atoms with Crippen LogP contribution in [-0.4, -0.2) is 19.0 Å². The van der Waals surface area contributed by atoms with Crippen molar-refractivity contribution < 1.29 is 4.79 Å². The summed E-state index contributed by atoms with van der Waals surface area (Å²) in [7, 11) is 0. The van der Waals surface area contributed by atoms with E-state index in [1.54, 1.807) is 24.3 Å². The first-order valence-electron chi connectivity index (χ1n) is 5.81. The maximum atomic E-state index is 11.9. The first-order chi connectivity index (χ1) is 8.29. The molecule has 4 heteroatoms. The van der Waals surface area contributed by atoms with Crippen LogP contribution in [0.5, 0.6) is 0 Å². The molecule has 0 spiro atoms. The van der Waals surface area contributed by atoms with Gasteiger partial charge in [-0.05, 0) is 43.7 Å². The average Bonchev–Trinajstić information content (AvgIpc) is 2.40. The number of hydrogen-bond donors (Lipinski definition) is 2. The van der Waals surface area contributed by atoms with Gasteiger partial charge in [0.1, 0.15) is 0 Å². The van der Waals surface area contributed by atoms with Gasteiger partial charge in [-0.25, -0.2) is 0 Å². The average molecular weight is 229 g/mol. The third-order valence-corrected chi connectivity index (χ3v) is 2.95. The minimum atomic E-state index is 0.0550. The van der Waals surface area contributed by atoms with Crippen LogP contribution in [0.25, 0.3) is 0 Å². The predicted octanol–water partition coefficient (Wildman–Crippen LogP) is 1.50. The molecule has 1 aromatic rings. The summed E-state index contributed by atoms with van der Waals surface area (Å²) in [5, 5.41) is 14.8. The monoisotopic (exact) mass is 229 g/mol. The second-order valence-electron chi connectivity index (χ2n) is 4.22. The van der Waals surface area contributed by atoms with Crippen molar-refractivity contribution in [2.75, 3.05) is 18.4 Å². The summed E-state index contributed by atoms with van der Waals surface area (Å²) in [6.45, 7) is 1.75. The van der Waals surface area contributed by atoms with E-state index in [2.05, 4.69) is 10.6 Å². The Kier molecular flexibility index (Phi) is 3.73. The molecular weight excluding hydrogens is 214 g/mol. The van der Waals surface area contributed by atoms with Crippen molar-refractivity contribution in [3.63, 3.8) is 0 Å². The van der Waals surface area contributed by atoms with Gasteiger partial charge in [-0.15, -0.1) is 0 Å². The summed E-state index contributed by atoms with van der Waals surface area (Å²) in [6.07, 6.45) is 1.99. The highest BCUT2D eigenvalue weighted by atomic mass is 16.1. The highest BCUT2D eigenvalue weighted by Gasteiger charge is 2.20. The van der Waals surface area contributed by atoms with Crippen molar-refractivity contribution in [3.05, 3.63) is 29.8 Å². The first kappa shape index (κ1) is 11.6. The number of nitriles is 1. The number of benzene rings is 1. The third-order valence-electron chi connectivity index (χ3n) is 2.95. The molecule has 1 aliphatic rings. The zero-order valence-corrected chi connectivity index (χ0v) is 9.57. The van der Waals surface area contributed by atoms with Gasteiger partial charge in [0.05, 0.1) is 17.6 Å². The highest BCUT2D eigenvalue weighted by molar-refractivity contribution is 5.92. The Morgan fingerprint density at radius 1 is 1.41 bits per heavy atom. The smallest absolute Gasteiger partial charge is 0.228 e. The standard InChI is InChI=1S/C13H15N3O/c14-8-10-3-5-12(6-4-10)16-13(17)11-2-1-7-15-9-11/h3-6,11,15H,1-2,7,9H2,(H,16,17). The molecule has 1 aliphatic heterocycles. The van der Waals surface area contributed by atoms with Crippen molar-refractivity contribution in [1.82, 2.24) is 5.32 Å². The molecule has 0 saturated carbocycles. The van der Waals surface area contributed by atoms with E-state index in [4.69, 9.17) is 5.26 Å². The number of nitrogens with zero attached hydrogens (tertiary/aromatic N) is 1. The van der Waals surface area contributed by atoms with Gasteiger partial charge in [-0.2, -0.15) is 5.26 Å². The number of amides is 1. The van der Waals surface area contributed by atoms with Gasteiger partial charge in [-0.1, -0.05) is 0 Å². The fourth-order valence-corrected chi connectivity index (χ4v) is 1.95. The summed E-state index contributed by atoms with van der Waals surface area (Å²) >= 11 is 0. The van der Waals surface area contributed by atoms with Crippen LogP contribution in [0.2, 0.25) is 0 Å². The summed E-state index contributed by atoms with van der Waals surface area (Å²) in [4.78, 5) is 11.9. The molecule has 1 heterocycles. The number of carbonyl (C=O) groups is 1. The zero-order chi connectivity index (χ0) is 12.1. The lowest BCUT2D eigenvalue weighted by Crippen LogP contribution is -2.37. The van der Waals surface area contributed by atoms with Crippen LogP contribution in [0, 0.1) is 17.2 Å². The second kappa shape index (κ2) is 5.46. The molecule has 1 atom stereocenters. The van der Waals surface area contributed by atoms with Gasteiger partial charge in [0.2, 0.25) is 5.91 Å². The molecule has 2 N–H and O–H groups in total. The van der Waals surface area contributed by atoms with E-state index < -0.39 is 0 Å². The Morgan fingerprint density at radius 2 is 2.18 bits per heavy atom. The van der Waals surface area contributed by atoms with Gasteiger partial charge in [0.15, 0.2) is 0 Å². The molecule has 4 nitrogen and oxygen atoms in total. The van der Waals surface area contributed by atoms with E-state index in [1.807, 2.05) is 6.07 Å². The van der Waals surface area contributed by atoms with Crippen molar-refractivity contribution in [1.29, 1.82) is 5.26 Å². The normalized spacial score (nSPS) is 19.4. The second-order valence-corrected chi connectivity index (χ2v) is 4.22. The molecule has 88 valence electrons. The van der Waals surface area contributed by atoms with E-state index in [-0.39, 0.29) is 11.8 Å². The third kappa shape index (κ3) is 3.05. The minimum absolute atomic E-state index is 0.0550. The number of nitrogens with one attached hydrogen (secondary N) is 2. The molecule has 1 aromatic carbocycles. The fraction of sp³-hybridized carbons (Fsp3) is 0.385. The van der Waals surface area contributed by atoms with Crippen molar-refractivity contribution in [2.45, 2.75) is 12.8 Å². The molecule has 1 unspecified atom stereocenters. The number of anilines is 1. The summed E-state index contributed by atoms with van der Waals surface area (Å²) in [5.74, 6) is 0.112. The summed E-state index contributed by atoms with van der Waals surface area (Å²) in [5.41, 5.74) is 1.35. The SMILES string of the molecule is N#Cc1ccc(NC(=O)C2CCCNC2)cc1. The summed E-state index contributed by atoms with van der Waals surface area (Å²) < 4.78 is 0. The molecule has 17 heavy (non-hydrogen) atoms. The van der Waals surface area contributed by atoms with Crippen LogP contribution in [0.4, 0.5) is 5.69 Å². The number of hydrogen-bond acceptors (Lipinski definition) is 3. The fourth-order valence-electron chi connectivity index (χ4n) is 1.95. The van der Waals surface area contributed by atoms with Crippen LogP contribution in [0.3, 0.4) is 0 Å². The topological polar surface area (TPSA) is 64.9 Å². The molecule has 0 aliphatic carbocycles. The van der Waals surface area contributed by atoms with E-state index in [1.165, 1.54) is 0 Å². The first-order valence-corrected chi connectivity index (χ1v) is 5.81. The Bertz CT molecular complexity index is 427. The van der Waals surface area contributed by atoms with Gasteiger partial charge in [0, 0.05) is 12.2 Å². The highest BCUT2D eigenvalue weighted by Crippen LogP contribution is 2.14. The molecule has 0 bridgehead atoms. The maximum absolute atomic E-state index is 11.9. The van der Waals surface area contributed by atoms with Crippen LogP contribution >= 0.6 is 0 Å². The lowest BCUT2D eigenvalue weighted by atomic mass is 9.99. The Labute approximate surface area is 101 Å². The van der Waals surface area contributed by atoms with Crippen LogP contribution in [0.1, 0.15) is 18.4 Å². The molecule has 1 fully saturated rings. The quantitative estimate of drug-likeness (QED) is 0.807. The Hall–Kier alpha value is -1.86. The van der Waals surface area contributed by atoms with E-state index in [0.29, 0.717) is 5.56 Å². The lowest BCUT2D eigenvalue weighted by molar-refractivity contribution is -0.120. The maximum Gasteiger partial charge on any atom is 0.228 e. The van der Waals surface area contributed by atoms with Crippen molar-refractivity contribution >= 4 is 11.6 Å². The Balaban J connectivity index is 1.95. The van der Waals surface area contributed by atoms with E-state index in [0.717, 1.165) is 31.6 Å². The van der Waals surface area contributed by atoms with Gasteiger partial charge in [-0.3, -0.25) is 4.79 Å². The van der Waals surface area contributed by atoms with Crippen LogP contribution in [-0.2, 0) is 4.79 Å². The molecule has 1 saturated heterocycles. The largest absolute Gasteiger partial charge is 0.326 e. The predicted molar refractivity (Wildman–Crippen MR) is 65.4 cm³/mol. The lowest BCUT2D eigenvalue weighted by Gasteiger charge is -2.21. The van der Waals surface area contributed by atoms with Gasteiger partial charge >= 0.3 is 0 Å². The van der Waals surface area contributed by atoms with Gasteiger partial charge < -0.3 is 10.6 Å². The molecule has 2 rings (SSSR count). The number of rotatable bonds is 2. The summed E-state index contributed by atoms with van der Waals surface area (Å²) in [6, 6.07) is 8.97.